The zero-order valence-corrected chi connectivity index (χ0v) is 13.2. The summed E-state index contributed by atoms with van der Waals surface area (Å²) < 4.78 is 2.01. The smallest absolute Gasteiger partial charge is 0.252 e. The molecular formula is C19H17N3O2. The fraction of sp³-hybridized carbons (Fsp3) is 0.158. The van der Waals surface area contributed by atoms with Crippen LogP contribution in [0.5, 0.6) is 0 Å². The molecule has 1 aromatic heterocycles. The van der Waals surface area contributed by atoms with Crippen LogP contribution in [0.1, 0.15) is 28.4 Å². The molecule has 1 aliphatic heterocycles. The van der Waals surface area contributed by atoms with E-state index in [1.165, 1.54) is 0 Å². The number of carbonyl (C=O) groups is 2. The lowest BCUT2D eigenvalue weighted by atomic mass is 10.0. The van der Waals surface area contributed by atoms with Gasteiger partial charge in [-0.2, -0.15) is 0 Å². The molecule has 24 heavy (non-hydrogen) atoms. The maximum absolute atomic E-state index is 12.4. The highest BCUT2D eigenvalue weighted by Gasteiger charge is 2.29. The molecular weight excluding hydrogens is 302 g/mol. The predicted molar refractivity (Wildman–Crippen MR) is 92.8 cm³/mol. The van der Waals surface area contributed by atoms with Crippen LogP contribution in [0.4, 0.5) is 5.69 Å². The molecule has 0 aliphatic carbocycles. The van der Waals surface area contributed by atoms with Gasteiger partial charge in [-0.15, -0.1) is 0 Å². The zero-order chi connectivity index (χ0) is 16.7. The first-order valence-corrected chi connectivity index (χ1v) is 7.86. The van der Waals surface area contributed by atoms with Crippen molar-refractivity contribution < 1.29 is 9.59 Å². The second kappa shape index (κ2) is 5.53. The second-order valence-electron chi connectivity index (χ2n) is 6.07. The third-order valence-corrected chi connectivity index (χ3v) is 4.45. The summed E-state index contributed by atoms with van der Waals surface area (Å²) in [5, 5.41) is 6.92. The summed E-state index contributed by atoms with van der Waals surface area (Å²) in [6.07, 6.45) is 2.20. The number of hydrogen-bond acceptors (Lipinski definition) is 2. The first-order valence-electron chi connectivity index (χ1n) is 7.86. The Morgan fingerprint density at radius 3 is 2.92 bits per heavy atom. The van der Waals surface area contributed by atoms with E-state index in [1.807, 2.05) is 60.3 Å². The van der Waals surface area contributed by atoms with E-state index in [0.29, 0.717) is 5.56 Å². The number of nitrogens with one attached hydrogen (secondary N) is 2. The highest BCUT2D eigenvalue weighted by molar-refractivity contribution is 6.01. The average molecular weight is 319 g/mol. The Labute approximate surface area is 139 Å². The quantitative estimate of drug-likeness (QED) is 0.779. The molecule has 4 rings (SSSR count). The molecule has 1 unspecified atom stereocenters. The number of fused-ring (bicyclic) bond motifs is 2. The van der Waals surface area contributed by atoms with E-state index in [-0.39, 0.29) is 24.3 Å². The molecule has 0 bridgehead atoms. The van der Waals surface area contributed by atoms with Crippen LogP contribution in [-0.4, -0.2) is 16.4 Å². The van der Waals surface area contributed by atoms with Crippen molar-refractivity contribution in [2.24, 2.45) is 7.05 Å². The molecule has 0 spiro atoms. The Kier molecular flexibility index (Phi) is 3.34. The van der Waals surface area contributed by atoms with Gasteiger partial charge < -0.3 is 15.2 Å². The fourth-order valence-corrected chi connectivity index (χ4v) is 3.22. The van der Waals surface area contributed by atoms with E-state index in [2.05, 4.69) is 10.6 Å². The molecule has 0 fully saturated rings. The molecule has 2 aromatic carbocycles. The summed E-state index contributed by atoms with van der Waals surface area (Å²) in [5.74, 6) is -0.237. The van der Waals surface area contributed by atoms with Crippen molar-refractivity contribution in [3.05, 3.63) is 65.9 Å². The number of nitrogens with zero attached hydrogens (tertiary/aromatic N) is 1. The summed E-state index contributed by atoms with van der Waals surface area (Å²) in [5.41, 5.74) is 3.36. The van der Waals surface area contributed by atoms with Crippen molar-refractivity contribution in [2.75, 3.05) is 5.32 Å². The molecule has 3 aromatic rings. The first-order chi connectivity index (χ1) is 11.6. The second-order valence-corrected chi connectivity index (χ2v) is 6.07. The lowest BCUT2D eigenvalue weighted by molar-refractivity contribution is -0.116. The molecule has 0 radical (unpaired) electrons. The third kappa shape index (κ3) is 2.44. The lowest BCUT2D eigenvalue weighted by Crippen LogP contribution is -2.24. The highest BCUT2D eigenvalue weighted by Crippen LogP contribution is 2.28. The number of aryl methyl sites for hydroxylation is 1. The standard InChI is InChI=1S/C19H17N3O2/c1-22-9-8-12-6-7-13(10-17(12)22)20-18(23)11-16-14-4-2-3-5-15(14)19(24)21-16/h2-10,16H,11H2,1H3,(H,20,23)(H,21,24). The van der Waals surface area contributed by atoms with Gasteiger partial charge >= 0.3 is 0 Å². The van der Waals surface area contributed by atoms with Gasteiger partial charge in [0.05, 0.1) is 12.5 Å². The monoisotopic (exact) mass is 319 g/mol. The van der Waals surface area contributed by atoms with Gasteiger partial charge in [0.1, 0.15) is 0 Å². The van der Waals surface area contributed by atoms with Crippen LogP contribution >= 0.6 is 0 Å². The van der Waals surface area contributed by atoms with Gasteiger partial charge in [-0.05, 0) is 35.2 Å². The van der Waals surface area contributed by atoms with Crippen molar-refractivity contribution in [1.29, 1.82) is 0 Å². The SMILES string of the molecule is Cn1ccc2ccc(NC(=O)CC3NC(=O)c4ccccc43)cc21. The van der Waals surface area contributed by atoms with Crippen LogP contribution in [0.15, 0.2) is 54.7 Å². The number of anilines is 1. The molecule has 2 amide bonds. The zero-order valence-electron chi connectivity index (χ0n) is 13.2. The normalized spacial score (nSPS) is 16.0. The maximum atomic E-state index is 12.4. The van der Waals surface area contributed by atoms with E-state index < -0.39 is 0 Å². The lowest BCUT2D eigenvalue weighted by Gasteiger charge is -2.12. The summed E-state index contributed by atoms with van der Waals surface area (Å²) >= 11 is 0. The Bertz CT molecular complexity index is 958. The van der Waals surface area contributed by atoms with Crippen molar-refractivity contribution in [1.82, 2.24) is 9.88 Å². The third-order valence-electron chi connectivity index (χ3n) is 4.45. The van der Waals surface area contributed by atoms with Gasteiger partial charge in [0.15, 0.2) is 0 Å². The predicted octanol–water partition coefficient (Wildman–Crippen LogP) is 2.99. The number of benzene rings is 2. The molecule has 120 valence electrons. The number of amides is 2. The summed E-state index contributed by atoms with van der Waals surface area (Å²) in [6, 6.07) is 15.0. The van der Waals surface area contributed by atoms with E-state index >= 15 is 0 Å². The van der Waals surface area contributed by atoms with Crippen LogP contribution < -0.4 is 10.6 Å². The highest BCUT2D eigenvalue weighted by atomic mass is 16.2. The molecule has 2 heterocycles. The minimum absolute atomic E-state index is 0.117. The van der Waals surface area contributed by atoms with Crippen molar-refractivity contribution >= 4 is 28.4 Å². The molecule has 2 N–H and O–H groups in total. The molecule has 1 aliphatic rings. The Morgan fingerprint density at radius 1 is 1.21 bits per heavy atom. The molecule has 0 saturated carbocycles. The summed E-state index contributed by atoms with van der Waals surface area (Å²) in [6.45, 7) is 0. The topological polar surface area (TPSA) is 63.1 Å². The van der Waals surface area contributed by atoms with Crippen molar-refractivity contribution in [3.63, 3.8) is 0 Å². The van der Waals surface area contributed by atoms with Gasteiger partial charge in [0, 0.05) is 30.0 Å². The summed E-state index contributed by atoms with van der Waals surface area (Å²) in [4.78, 5) is 24.3. The number of hydrogen-bond donors (Lipinski definition) is 2. The van der Waals surface area contributed by atoms with Gasteiger partial charge in [-0.3, -0.25) is 9.59 Å². The molecule has 5 nitrogen and oxygen atoms in total. The number of carbonyl (C=O) groups excluding carboxylic acids is 2. The minimum atomic E-state index is -0.271. The van der Waals surface area contributed by atoms with Gasteiger partial charge in [-0.1, -0.05) is 24.3 Å². The van der Waals surface area contributed by atoms with Crippen LogP contribution in [0, 0.1) is 0 Å². The van der Waals surface area contributed by atoms with E-state index in [4.69, 9.17) is 0 Å². The number of aromatic nitrogens is 1. The van der Waals surface area contributed by atoms with Gasteiger partial charge in [0.25, 0.3) is 5.91 Å². The van der Waals surface area contributed by atoms with E-state index in [0.717, 1.165) is 22.2 Å². The summed E-state index contributed by atoms with van der Waals surface area (Å²) in [7, 11) is 1.97. The average Bonchev–Trinajstić information content (AvgIpc) is 3.09. The molecule has 0 saturated heterocycles. The molecule has 1 atom stereocenters. The maximum Gasteiger partial charge on any atom is 0.252 e. The van der Waals surface area contributed by atoms with Gasteiger partial charge in [-0.25, -0.2) is 0 Å². The van der Waals surface area contributed by atoms with Crippen LogP contribution in [0.25, 0.3) is 10.9 Å². The van der Waals surface area contributed by atoms with E-state index in [9.17, 15) is 9.59 Å². The molecule has 5 heteroatoms. The Morgan fingerprint density at radius 2 is 2.04 bits per heavy atom. The Hall–Kier alpha value is -3.08. The van der Waals surface area contributed by atoms with Gasteiger partial charge in [0.2, 0.25) is 5.91 Å². The first kappa shape index (κ1) is 14.5. The van der Waals surface area contributed by atoms with Crippen molar-refractivity contribution in [2.45, 2.75) is 12.5 Å². The van der Waals surface area contributed by atoms with Crippen LogP contribution in [-0.2, 0) is 11.8 Å². The van der Waals surface area contributed by atoms with E-state index in [1.54, 1.807) is 6.07 Å². The fourth-order valence-electron chi connectivity index (χ4n) is 3.22. The Balaban J connectivity index is 1.50. The largest absolute Gasteiger partial charge is 0.350 e. The number of rotatable bonds is 3. The van der Waals surface area contributed by atoms with Crippen LogP contribution in [0.2, 0.25) is 0 Å². The minimum Gasteiger partial charge on any atom is -0.350 e. The van der Waals surface area contributed by atoms with Crippen molar-refractivity contribution in [3.8, 4) is 0 Å². The van der Waals surface area contributed by atoms with Crippen LogP contribution in [0.3, 0.4) is 0 Å².